The molecule has 0 saturated heterocycles. The van der Waals surface area contributed by atoms with Gasteiger partial charge in [0.1, 0.15) is 0 Å². The first-order valence-corrected chi connectivity index (χ1v) is 9.25. The molecule has 2 aromatic carbocycles. The zero-order valence-electron chi connectivity index (χ0n) is 12.3. The highest BCUT2D eigenvalue weighted by molar-refractivity contribution is 7.89. The quantitative estimate of drug-likeness (QED) is 0.588. The number of sulfonamides is 1. The van der Waals surface area contributed by atoms with E-state index >= 15 is 0 Å². The molecule has 0 heterocycles. The van der Waals surface area contributed by atoms with Crippen LogP contribution in [0.25, 0.3) is 0 Å². The fourth-order valence-corrected chi connectivity index (χ4v) is 3.09. The van der Waals surface area contributed by atoms with E-state index < -0.39 is 28.4 Å². The SMILES string of the molecule is NS(=O)(=O)c1ccc(Cl)c(C(=O)OCC(=O)c2ccc(Cl)cc2Cl)c1. The standard InChI is InChI=1S/C15H10Cl3NO5S/c16-8-1-3-10(13(18)5-8)14(20)7-24-15(21)11-6-9(25(19,22)23)2-4-12(11)17/h1-6H,7H2,(H2,19,22,23). The predicted octanol–water partition coefficient (Wildman–Crippen LogP) is 3.33. The van der Waals surface area contributed by atoms with Crippen LogP contribution in [0.2, 0.25) is 15.1 Å². The Morgan fingerprint density at radius 2 is 1.64 bits per heavy atom. The van der Waals surface area contributed by atoms with E-state index in [1.54, 1.807) is 0 Å². The fraction of sp³-hybridized carbons (Fsp3) is 0.0667. The smallest absolute Gasteiger partial charge is 0.340 e. The summed E-state index contributed by atoms with van der Waals surface area (Å²) in [4.78, 5) is 23.8. The highest BCUT2D eigenvalue weighted by Gasteiger charge is 2.19. The summed E-state index contributed by atoms with van der Waals surface area (Å²) in [6.45, 7) is -0.615. The van der Waals surface area contributed by atoms with Gasteiger partial charge in [0.2, 0.25) is 15.8 Å². The first kappa shape index (κ1) is 19.7. The minimum absolute atomic E-state index is 0.0469. The summed E-state index contributed by atoms with van der Waals surface area (Å²) in [5.41, 5.74) is -0.105. The van der Waals surface area contributed by atoms with Crippen LogP contribution in [-0.4, -0.2) is 26.8 Å². The molecule has 2 N–H and O–H groups in total. The number of carbonyl (C=O) groups excluding carboxylic acids is 2. The molecule has 0 aromatic heterocycles. The van der Waals surface area contributed by atoms with Crippen molar-refractivity contribution in [3.8, 4) is 0 Å². The van der Waals surface area contributed by atoms with Crippen molar-refractivity contribution in [2.24, 2.45) is 5.14 Å². The fourth-order valence-electron chi connectivity index (χ4n) is 1.84. The molecule has 0 saturated carbocycles. The zero-order chi connectivity index (χ0) is 18.8. The van der Waals surface area contributed by atoms with Crippen molar-refractivity contribution in [3.63, 3.8) is 0 Å². The van der Waals surface area contributed by atoms with Gasteiger partial charge in [-0.1, -0.05) is 34.8 Å². The number of primary sulfonamides is 1. The first-order chi connectivity index (χ1) is 11.6. The van der Waals surface area contributed by atoms with Gasteiger partial charge < -0.3 is 4.74 Å². The second-order valence-corrected chi connectivity index (χ2v) is 7.62. The molecule has 0 unspecified atom stereocenters. The number of rotatable bonds is 5. The van der Waals surface area contributed by atoms with Crippen LogP contribution >= 0.6 is 34.8 Å². The molecule has 0 aliphatic rings. The first-order valence-electron chi connectivity index (χ1n) is 6.57. The van der Waals surface area contributed by atoms with Crippen molar-refractivity contribution in [2.75, 3.05) is 6.61 Å². The molecule has 6 nitrogen and oxygen atoms in total. The highest BCUT2D eigenvalue weighted by Crippen LogP contribution is 2.23. The molecule has 132 valence electrons. The molecule has 0 fully saturated rings. The van der Waals surface area contributed by atoms with Crippen molar-refractivity contribution < 1.29 is 22.7 Å². The van der Waals surface area contributed by atoms with Crippen molar-refractivity contribution >= 4 is 56.6 Å². The number of esters is 1. The molecule has 10 heteroatoms. The maximum Gasteiger partial charge on any atom is 0.340 e. The number of hydrogen-bond donors (Lipinski definition) is 1. The number of ketones is 1. The van der Waals surface area contributed by atoms with Gasteiger partial charge in [-0.2, -0.15) is 0 Å². The van der Waals surface area contributed by atoms with Gasteiger partial charge in [-0.15, -0.1) is 0 Å². The normalized spacial score (nSPS) is 11.2. The number of benzene rings is 2. The van der Waals surface area contributed by atoms with E-state index in [1.165, 1.54) is 24.3 Å². The lowest BCUT2D eigenvalue weighted by Crippen LogP contribution is -2.17. The minimum Gasteiger partial charge on any atom is -0.454 e. The summed E-state index contributed by atoms with van der Waals surface area (Å²) in [6, 6.07) is 7.55. The number of carbonyl (C=O) groups is 2. The second kappa shape index (κ2) is 7.72. The van der Waals surface area contributed by atoms with Gasteiger partial charge >= 0.3 is 5.97 Å². The molecule has 2 rings (SSSR count). The van der Waals surface area contributed by atoms with E-state index in [-0.39, 0.29) is 26.1 Å². The lowest BCUT2D eigenvalue weighted by molar-refractivity contribution is 0.0474. The van der Waals surface area contributed by atoms with Gasteiger partial charge in [0.05, 0.1) is 20.5 Å². The third kappa shape index (κ3) is 4.93. The van der Waals surface area contributed by atoms with E-state index in [4.69, 9.17) is 44.7 Å². The Balaban J connectivity index is 2.16. The van der Waals surface area contributed by atoms with Crippen LogP contribution in [0.5, 0.6) is 0 Å². The molecule has 0 amide bonds. The van der Waals surface area contributed by atoms with Crippen molar-refractivity contribution in [1.82, 2.24) is 0 Å². The molecule has 2 aromatic rings. The summed E-state index contributed by atoms with van der Waals surface area (Å²) in [7, 11) is -4.02. The zero-order valence-corrected chi connectivity index (χ0v) is 15.4. The Kier molecular flexibility index (Phi) is 6.08. The summed E-state index contributed by atoms with van der Waals surface area (Å²) in [5, 5.41) is 5.42. The number of ether oxygens (including phenoxy) is 1. The Labute approximate surface area is 158 Å². The molecule has 0 bridgehead atoms. The molecule has 0 radical (unpaired) electrons. The Hall–Kier alpha value is -1.64. The Morgan fingerprint density at radius 3 is 2.24 bits per heavy atom. The van der Waals surface area contributed by atoms with E-state index in [2.05, 4.69) is 0 Å². The summed E-state index contributed by atoms with van der Waals surface area (Å²) < 4.78 is 27.6. The third-order valence-electron chi connectivity index (χ3n) is 3.05. The average molecular weight is 423 g/mol. The maximum absolute atomic E-state index is 12.1. The van der Waals surface area contributed by atoms with Gasteiger partial charge in [0.15, 0.2) is 6.61 Å². The van der Waals surface area contributed by atoms with E-state index in [1.807, 2.05) is 0 Å². The largest absolute Gasteiger partial charge is 0.454 e. The summed E-state index contributed by atoms with van der Waals surface area (Å²) in [6.07, 6.45) is 0. The van der Waals surface area contributed by atoms with E-state index in [9.17, 15) is 18.0 Å². The van der Waals surface area contributed by atoms with Crippen LogP contribution in [0.3, 0.4) is 0 Å². The average Bonchev–Trinajstić information content (AvgIpc) is 2.51. The lowest BCUT2D eigenvalue weighted by Gasteiger charge is -2.08. The van der Waals surface area contributed by atoms with Gasteiger partial charge in [-0.05, 0) is 36.4 Å². The predicted molar refractivity (Wildman–Crippen MR) is 93.9 cm³/mol. The monoisotopic (exact) mass is 421 g/mol. The van der Waals surface area contributed by atoms with Crippen LogP contribution in [-0.2, 0) is 14.8 Å². The molecule has 0 aliphatic heterocycles. The molecular weight excluding hydrogens is 413 g/mol. The van der Waals surface area contributed by atoms with Crippen molar-refractivity contribution in [1.29, 1.82) is 0 Å². The Bertz CT molecular complexity index is 960. The lowest BCUT2D eigenvalue weighted by atomic mass is 10.1. The number of hydrogen-bond acceptors (Lipinski definition) is 5. The molecule has 0 atom stereocenters. The van der Waals surface area contributed by atoms with Gasteiger partial charge in [0, 0.05) is 10.6 Å². The molecule has 0 spiro atoms. The summed E-state index contributed by atoms with van der Waals surface area (Å²) >= 11 is 17.5. The summed E-state index contributed by atoms with van der Waals surface area (Å²) in [5.74, 6) is -1.54. The van der Waals surface area contributed by atoms with Crippen LogP contribution in [0.15, 0.2) is 41.3 Å². The van der Waals surface area contributed by atoms with Gasteiger partial charge in [-0.25, -0.2) is 18.4 Å². The topological polar surface area (TPSA) is 104 Å². The maximum atomic E-state index is 12.1. The van der Waals surface area contributed by atoms with Crippen LogP contribution < -0.4 is 5.14 Å². The number of Topliss-reactive ketones (excluding diaryl/α,β-unsaturated/α-hetero) is 1. The number of nitrogens with two attached hydrogens (primary N) is 1. The van der Waals surface area contributed by atoms with E-state index in [0.717, 1.165) is 12.1 Å². The van der Waals surface area contributed by atoms with Crippen molar-refractivity contribution in [2.45, 2.75) is 4.90 Å². The molecule has 0 aliphatic carbocycles. The molecule has 25 heavy (non-hydrogen) atoms. The minimum atomic E-state index is -4.02. The second-order valence-electron chi connectivity index (χ2n) is 4.81. The van der Waals surface area contributed by atoms with Crippen molar-refractivity contribution in [3.05, 3.63) is 62.6 Å². The van der Waals surface area contributed by atoms with Gasteiger partial charge in [0.25, 0.3) is 0 Å². The third-order valence-corrected chi connectivity index (χ3v) is 4.84. The van der Waals surface area contributed by atoms with Crippen LogP contribution in [0.1, 0.15) is 20.7 Å². The van der Waals surface area contributed by atoms with Crippen LogP contribution in [0.4, 0.5) is 0 Å². The van der Waals surface area contributed by atoms with Gasteiger partial charge in [-0.3, -0.25) is 4.79 Å². The van der Waals surface area contributed by atoms with E-state index in [0.29, 0.717) is 5.02 Å². The highest BCUT2D eigenvalue weighted by atomic mass is 35.5. The molecular formula is C15H10Cl3NO5S. The number of halogens is 3. The Morgan fingerprint density at radius 1 is 0.960 bits per heavy atom. The van der Waals surface area contributed by atoms with Crippen LogP contribution in [0, 0.1) is 0 Å².